The van der Waals surface area contributed by atoms with E-state index in [4.69, 9.17) is 20.7 Å². The zero-order valence-electron chi connectivity index (χ0n) is 10.7. The number of hydrogen-bond acceptors (Lipinski definition) is 7. The molecule has 1 fully saturated rings. The molecule has 19 heavy (non-hydrogen) atoms. The molecule has 0 aromatic carbocycles. The molecule has 1 atom stereocenters. The predicted octanol–water partition coefficient (Wildman–Crippen LogP) is -1.43. The molecule has 7 nitrogen and oxygen atoms in total. The Hall–Kier alpha value is -1.57. The Morgan fingerprint density at radius 3 is 2.79 bits per heavy atom. The lowest BCUT2D eigenvalue weighted by Gasteiger charge is -2.24. The number of nitrogens with zero attached hydrogens (tertiary/aromatic N) is 1. The summed E-state index contributed by atoms with van der Waals surface area (Å²) in [6.45, 7) is 2.23. The predicted molar refractivity (Wildman–Crippen MR) is 67.9 cm³/mol. The fraction of sp³-hybridized carbons (Fsp3) is 0.583. The number of ether oxygens (including phenoxy) is 2. The third kappa shape index (κ3) is 6.23. The number of morpholine rings is 1. The largest absolute Gasteiger partial charge is 0.458 e. The normalized spacial score (nSPS) is 18.6. The molecule has 0 amide bonds. The van der Waals surface area contributed by atoms with E-state index in [9.17, 15) is 4.79 Å². The quantitative estimate of drug-likeness (QED) is 0.309. The zero-order chi connectivity index (χ0) is 14.1. The van der Waals surface area contributed by atoms with Crippen LogP contribution in [0.4, 0.5) is 0 Å². The number of carbonyl (C=O) groups excluding carboxylic acids is 1. The van der Waals surface area contributed by atoms with E-state index in [0.717, 1.165) is 13.1 Å². The SMILES string of the molecule is N/C(=C\C=C\N1CCOCC1)C(=O)OCC(O)CO. The van der Waals surface area contributed by atoms with Gasteiger partial charge in [0.1, 0.15) is 18.4 Å². The van der Waals surface area contributed by atoms with Crippen molar-refractivity contribution in [2.75, 3.05) is 39.5 Å². The van der Waals surface area contributed by atoms with Gasteiger partial charge in [-0.15, -0.1) is 0 Å². The van der Waals surface area contributed by atoms with Gasteiger partial charge in [-0.1, -0.05) is 0 Å². The molecule has 0 bridgehead atoms. The lowest BCUT2D eigenvalue weighted by molar-refractivity contribution is -0.142. The van der Waals surface area contributed by atoms with Crippen LogP contribution < -0.4 is 5.73 Å². The molecule has 0 aromatic heterocycles. The molecule has 108 valence electrons. The Kier molecular flexibility index (Phi) is 6.94. The van der Waals surface area contributed by atoms with Crippen LogP contribution in [0.3, 0.4) is 0 Å². The van der Waals surface area contributed by atoms with Gasteiger partial charge in [0.2, 0.25) is 0 Å². The van der Waals surface area contributed by atoms with Crippen LogP contribution in [0.15, 0.2) is 24.0 Å². The van der Waals surface area contributed by atoms with Crippen molar-refractivity contribution < 1.29 is 24.5 Å². The van der Waals surface area contributed by atoms with Gasteiger partial charge < -0.3 is 30.3 Å². The maximum atomic E-state index is 11.4. The van der Waals surface area contributed by atoms with E-state index < -0.39 is 18.7 Å². The van der Waals surface area contributed by atoms with Crippen LogP contribution >= 0.6 is 0 Å². The van der Waals surface area contributed by atoms with Gasteiger partial charge in [-0.25, -0.2) is 4.79 Å². The number of aliphatic hydroxyl groups is 2. The number of hydrogen-bond donors (Lipinski definition) is 3. The topological polar surface area (TPSA) is 105 Å². The molecule has 1 aliphatic heterocycles. The molecule has 4 N–H and O–H groups in total. The van der Waals surface area contributed by atoms with E-state index in [-0.39, 0.29) is 12.3 Å². The summed E-state index contributed by atoms with van der Waals surface area (Å²) >= 11 is 0. The Morgan fingerprint density at radius 2 is 2.16 bits per heavy atom. The van der Waals surface area contributed by atoms with E-state index in [2.05, 4.69) is 4.74 Å². The van der Waals surface area contributed by atoms with Crippen molar-refractivity contribution in [3.8, 4) is 0 Å². The van der Waals surface area contributed by atoms with E-state index >= 15 is 0 Å². The highest BCUT2D eigenvalue weighted by Gasteiger charge is 2.09. The summed E-state index contributed by atoms with van der Waals surface area (Å²) in [5.74, 6) is -0.723. The fourth-order valence-corrected chi connectivity index (χ4v) is 1.37. The average Bonchev–Trinajstić information content (AvgIpc) is 2.45. The van der Waals surface area contributed by atoms with E-state index in [1.54, 1.807) is 6.08 Å². The second-order valence-corrected chi connectivity index (χ2v) is 4.05. The van der Waals surface area contributed by atoms with Gasteiger partial charge in [0.25, 0.3) is 0 Å². The lowest BCUT2D eigenvalue weighted by Crippen LogP contribution is -2.31. The summed E-state index contributed by atoms with van der Waals surface area (Å²) in [5.41, 5.74) is 5.45. The Bertz CT molecular complexity index is 337. The Balaban J connectivity index is 2.33. The molecular weight excluding hydrogens is 252 g/mol. The average molecular weight is 272 g/mol. The number of aliphatic hydroxyl groups excluding tert-OH is 2. The molecule has 1 rings (SSSR count). The second-order valence-electron chi connectivity index (χ2n) is 4.05. The highest BCUT2D eigenvalue weighted by atomic mass is 16.5. The summed E-state index contributed by atoms with van der Waals surface area (Å²) in [6.07, 6.45) is 3.83. The molecule has 1 aliphatic rings. The summed E-state index contributed by atoms with van der Waals surface area (Å²) in [5, 5.41) is 17.6. The molecule has 0 saturated carbocycles. The van der Waals surface area contributed by atoms with Gasteiger partial charge in [0.15, 0.2) is 0 Å². The van der Waals surface area contributed by atoms with E-state index in [1.807, 2.05) is 11.1 Å². The molecule has 0 aromatic rings. The Labute approximate surface area is 111 Å². The van der Waals surface area contributed by atoms with Crippen LogP contribution in [-0.2, 0) is 14.3 Å². The summed E-state index contributed by atoms with van der Waals surface area (Å²) in [6, 6.07) is 0. The standard InChI is InChI=1S/C12H20N2O5/c13-11(12(17)19-9-10(16)8-15)2-1-3-14-4-6-18-7-5-14/h1-3,10,15-16H,4-9,13H2/b3-1+,11-2-. The molecule has 1 heterocycles. The molecule has 1 saturated heterocycles. The monoisotopic (exact) mass is 272 g/mol. The molecule has 7 heteroatoms. The fourth-order valence-electron chi connectivity index (χ4n) is 1.37. The molecule has 0 spiro atoms. The van der Waals surface area contributed by atoms with E-state index in [0.29, 0.717) is 13.2 Å². The maximum absolute atomic E-state index is 11.4. The number of carbonyl (C=O) groups is 1. The minimum absolute atomic E-state index is 0.0605. The van der Waals surface area contributed by atoms with Crippen molar-refractivity contribution in [3.05, 3.63) is 24.0 Å². The summed E-state index contributed by atoms with van der Waals surface area (Å²) in [4.78, 5) is 13.4. The van der Waals surface area contributed by atoms with Crippen LogP contribution in [-0.4, -0.2) is 66.7 Å². The summed E-state index contributed by atoms with van der Waals surface area (Å²) < 4.78 is 9.89. The first-order valence-electron chi connectivity index (χ1n) is 6.05. The second kappa shape index (κ2) is 8.52. The molecule has 1 unspecified atom stereocenters. The maximum Gasteiger partial charge on any atom is 0.354 e. The van der Waals surface area contributed by atoms with Crippen LogP contribution in [0.1, 0.15) is 0 Å². The Morgan fingerprint density at radius 1 is 1.47 bits per heavy atom. The van der Waals surface area contributed by atoms with Gasteiger partial charge in [-0.3, -0.25) is 0 Å². The van der Waals surface area contributed by atoms with Crippen molar-refractivity contribution >= 4 is 5.97 Å². The van der Waals surface area contributed by atoms with Crippen molar-refractivity contribution in [2.45, 2.75) is 6.10 Å². The van der Waals surface area contributed by atoms with Crippen LogP contribution in [0, 0.1) is 0 Å². The third-order valence-electron chi connectivity index (χ3n) is 2.47. The summed E-state index contributed by atoms with van der Waals surface area (Å²) in [7, 11) is 0. The zero-order valence-corrected chi connectivity index (χ0v) is 10.7. The minimum atomic E-state index is -1.08. The first-order valence-corrected chi connectivity index (χ1v) is 6.05. The number of rotatable bonds is 6. The van der Waals surface area contributed by atoms with Gasteiger partial charge in [0, 0.05) is 13.1 Å². The number of esters is 1. The van der Waals surface area contributed by atoms with Gasteiger partial charge in [0.05, 0.1) is 19.8 Å². The first-order chi connectivity index (χ1) is 9.13. The highest BCUT2D eigenvalue weighted by Crippen LogP contribution is 1.98. The number of nitrogens with two attached hydrogens (primary N) is 1. The molecular formula is C12H20N2O5. The van der Waals surface area contributed by atoms with Crippen LogP contribution in [0.25, 0.3) is 0 Å². The van der Waals surface area contributed by atoms with Gasteiger partial charge in [-0.05, 0) is 18.4 Å². The smallest absolute Gasteiger partial charge is 0.354 e. The van der Waals surface area contributed by atoms with Gasteiger partial charge >= 0.3 is 5.97 Å². The van der Waals surface area contributed by atoms with Crippen molar-refractivity contribution in [3.63, 3.8) is 0 Å². The lowest BCUT2D eigenvalue weighted by atomic mass is 10.3. The highest BCUT2D eigenvalue weighted by molar-refractivity contribution is 5.87. The third-order valence-corrected chi connectivity index (χ3v) is 2.47. The minimum Gasteiger partial charge on any atom is -0.458 e. The van der Waals surface area contributed by atoms with Crippen LogP contribution in [0.2, 0.25) is 0 Å². The van der Waals surface area contributed by atoms with Crippen molar-refractivity contribution in [1.82, 2.24) is 4.90 Å². The van der Waals surface area contributed by atoms with Crippen molar-refractivity contribution in [1.29, 1.82) is 0 Å². The molecule has 0 radical (unpaired) electrons. The van der Waals surface area contributed by atoms with E-state index in [1.165, 1.54) is 6.08 Å². The van der Waals surface area contributed by atoms with Gasteiger partial charge in [-0.2, -0.15) is 0 Å². The molecule has 0 aliphatic carbocycles. The van der Waals surface area contributed by atoms with Crippen molar-refractivity contribution in [2.24, 2.45) is 5.73 Å². The van der Waals surface area contributed by atoms with Crippen LogP contribution in [0.5, 0.6) is 0 Å². The first kappa shape index (κ1) is 15.5. The number of allylic oxidation sites excluding steroid dienone is 2.